The van der Waals surface area contributed by atoms with Gasteiger partial charge in [-0.3, -0.25) is 9.48 Å². The van der Waals surface area contributed by atoms with Crippen LogP contribution in [-0.4, -0.2) is 32.6 Å². The molecule has 8 heteroatoms. The lowest BCUT2D eigenvalue weighted by Gasteiger charge is -2.03. The highest BCUT2D eigenvalue weighted by molar-refractivity contribution is 6.31. The van der Waals surface area contributed by atoms with E-state index in [9.17, 15) is 4.79 Å². The smallest absolute Gasteiger partial charge is 0.226 e. The van der Waals surface area contributed by atoms with Gasteiger partial charge in [-0.1, -0.05) is 11.6 Å². The summed E-state index contributed by atoms with van der Waals surface area (Å²) >= 11 is 5.90. The van der Waals surface area contributed by atoms with E-state index in [4.69, 9.17) is 16.3 Å². The van der Waals surface area contributed by atoms with E-state index in [1.807, 2.05) is 6.92 Å². The number of nitrogens with zero attached hydrogens (tertiary/aromatic N) is 4. The van der Waals surface area contributed by atoms with Crippen LogP contribution in [0.25, 0.3) is 0 Å². The molecule has 0 bridgehead atoms. The number of nitrogens with one attached hydrogen (secondary N) is 1. The van der Waals surface area contributed by atoms with Gasteiger partial charge < -0.3 is 10.1 Å². The zero-order valence-electron chi connectivity index (χ0n) is 11.3. The molecule has 0 radical (unpaired) electrons. The zero-order valence-corrected chi connectivity index (χ0v) is 12.1. The zero-order chi connectivity index (χ0) is 14.5. The molecule has 2 rings (SSSR count). The summed E-state index contributed by atoms with van der Waals surface area (Å²) in [5.41, 5.74) is 1.40. The van der Waals surface area contributed by atoms with Crippen LogP contribution in [0.2, 0.25) is 5.02 Å². The Hall–Kier alpha value is -1.86. The van der Waals surface area contributed by atoms with Gasteiger partial charge in [-0.05, 0) is 6.92 Å². The molecule has 0 aliphatic carbocycles. The van der Waals surface area contributed by atoms with Crippen molar-refractivity contribution in [2.45, 2.75) is 26.6 Å². The number of rotatable bonds is 6. The summed E-state index contributed by atoms with van der Waals surface area (Å²) in [7, 11) is 1.58. The fraction of sp³-hybridized carbons (Fsp3) is 0.417. The van der Waals surface area contributed by atoms with Crippen LogP contribution in [0.3, 0.4) is 0 Å². The van der Waals surface area contributed by atoms with E-state index in [1.54, 1.807) is 35.1 Å². The fourth-order valence-corrected chi connectivity index (χ4v) is 1.83. The molecular weight excluding hydrogens is 282 g/mol. The van der Waals surface area contributed by atoms with Gasteiger partial charge in [0.25, 0.3) is 0 Å². The second-order valence-electron chi connectivity index (χ2n) is 4.31. The average Bonchev–Trinajstić information content (AvgIpc) is 2.96. The molecular formula is C12H16ClN5O2. The summed E-state index contributed by atoms with van der Waals surface area (Å²) in [5.74, 6) is -0.105. The van der Waals surface area contributed by atoms with Crippen molar-refractivity contribution in [2.75, 3.05) is 12.4 Å². The predicted octanol–water partition coefficient (Wildman–Crippen LogP) is 1.67. The Labute approximate surface area is 121 Å². The molecule has 2 heterocycles. The van der Waals surface area contributed by atoms with Crippen LogP contribution in [0, 0.1) is 6.92 Å². The number of hydrogen-bond donors (Lipinski definition) is 1. The lowest BCUT2D eigenvalue weighted by atomic mass is 10.4. The summed E-state index contributed by atoms with van der Waals surface area (Å²) in [6.45, 7) is 2.65. The largest absolute Gasteiger partial charge is 0.362 e. The van der Waals surface area contributed by atoms with Gasteiger partial charge in [-0.25, -0.2) is 4.68 Å². The molecule has 7 nitrogen and oxygen atoms in total. The molecule has 0 unspecified atom stereocenters. The van der Waals surface area contributed by atoms with Gasteiger partial charge in [-0.2, -0.15) is 10.2 Å². The van der Waals surface area contributed by atoms with Crippen LogP contribution in [0.4, 0.5) is 5.69 Å². The number of methoxy groups -OCH3 is 1. The first-order valence-corrected chi connectivity index (χ1v) is 6.47. The number of amides is 1. The highest BCUT2D eigenvalue weighted by Gasteiger charge is 2.07. The molecule has 0 spiro atoms. The van der Waals surface area contributed by atoms with Gasteiger partial charge in [0.05, 0.1) is 28.8 Å². The Morgan fingerprint density at radius 1 is 1.45 bits per heavy atom. The van der Waals surface area contributed by atoms with E-state index in [2.05, 4.69) is 15.5 Å². The van der Waals surface area contributed by atoms with E-state index < -0.39 is 0 Å². The molecule has 0 aromatic carbocycles. The van der Waals surface area contributed by atoms with E-state index in [1.165, 1.54) is 0 Å². The quantitative estimate of drug-likeness (QED) is 0.880. The molecule has 1 amide bonds. The SMILES string of the molecule is COCn1cc(NC(=O)CCn2cc(Cl)c(C)n2)cn1. The third kappa shape index (κ3) is 3.82. The van der Waals surface area contributed by atoms with Crippen molar-refractivity contribution in [1.82, 2.24) is 19.6 Å². The lowest BCUT2D eigenvalue weighted by Crippen LogP contribution is -2.14. The Morgan fingerprint density at radius 3 is 2.90 bits per heavy atom. The summed E-state index contributed by atoms with van der Waals surface area (Å²) in [5, 5.41) is 11.6. The molecule has 1 N–H and O–H groups in total. The first kappa shape index (κ1) is 14.5. The summed E-state index contributed by atoms with van der Waals surface area (Å²) in [6.07, 6.45) is 5.30. The molecule has 20 heavy (non-hydrogen) atoms. The number of aromatic nitrogens is 4. The second kappa shape index (κ2) is 6.53. The standard InChI is InChI=1S/C12H16ClN5O2/c1-9-11(13)7-17(16-9)4-3-12(19)15-10-5-14-18(6-10)8-20-2/h5-7H,3-4,8H2,1-2H3,(H,15,19). The number of hydrogen-bond acceptors (Lipinski definition) is 4. The molecule has 0 aliphatic rings. The number of aryl methyl sites for hydroxylation is 2. The molecule has 0 saturated carbocycles. The molecule has 0 atom stereocenters. The van der Waals surface area contributed by atoms with Crippen molar-refractivity contribution in [2.24, 2.45) is 0 Å². The third-order valence-corrected chi connectivity index (χ3v) is 3.00. The molecule has 0 fully saturated rings. The second-order valence-corrected chi connectivity index (χ2v) is 4.72. The molecule has 0 saturated heterocycles. The number of halogens is 1. The van der Waals surface area contributed by atoms with Crippen LogP contribution in [0.5, 0.6) is 0 Å². The first-order chi connectivity index (χ1) is 9.58. The van der Waals surface area contributed by atoms with E-state index in [-0.39, 0.29) is 5.91 Å². The Morgan fingerprint density at radius 2 is 2.25 bits per heavy atom. The minimum atomic E-state index is -0.105. The van der Waals surface area contributed by atoms with Gasteiger partial charge in [0.15, 0.2) is 0 Å². The Balaban J connectivity index is 1.82. The van der Waals surface area contributed by atoms with Gasteiger partial charge >= 0.3 is 0 Å². The molecule has 0 aliphatic heterocycles. The van der Waals surface area contributed by atoms with Gasteiger partial charge in [0.1, 0.15) is 6.73 Å². The van der Waals surface area contributed by atoms with Crippen LogP contribution in [0.15, 0.2) is 18.6 Å². The fourth-order valence-electron chi connectivity index (χ4n) is 1.68. The summed E-state index contributed by atoms with van der Waals surface area (Å²) in [4.78, 5) is 11.8. The molecule has 2 aromatic heterocycles. The Kier molecular flexibility index (Phi) is 4.75. The number of carbonyl (C=O) groups excluding carboxylic acids is 1. The van der Waals surface area contributed by atoms with Crippen molar-refractivity contribution < 1.29 is 9.53 Å². The van der Waals surface area contributed by atoms with Crippen molar-refractivity contribution in [3.8, 4) is 0 Å². The highest BCUT2D eigenvalue weighted by Crippen LogP contribution is 2.12. The normalized spacial score (nSPS) is 10.8. The number of ether oxygens (including phenoxy) is 1. The summed E-state index contributed by atoms with van der Waals surface area (Å²) < 4.78 is 8.18. The van der Waals surface area contributed by atoms with Crippen molar-refractivity contribution in [3.05, 3.63) is 29.3 Å². The predicted molar refractivity (Wildman–Crippen MR) is 74.5 cm³/mol. The molecule has 2 aromatic rings. The van der Waals surface area contributed by atoms with Crippen molar-refractivity contribution >= 4 is 23.2 Å². The maximum absolute atomic E-state index is 11.8. The Bertz CT molecular complexity index is 573. The first-order valence-electron chi connectivity index (χ1n) is 6.09. The average molecular weight is 298 g/mol. The number of anilines is 1. The van der Waals surface area contributed by atoms with Crippen LogP contribution < -0.4 is 5.32 Å². The van der Waals surface area contributed by atoms with E-state index >= 15 is 0 Å². The maximum atomic E-state index is 11.8. The summed E-state index contributed by atoms with van der Waals surface area (Å²) in [6, 6.07) is 0. The third-order valence-electron chi connectivity index (χ3n) is 2.63. The van der Waals surface area contributed by atoms with Crippen LogP contribution in [0.1, 0.15) is 12.1 Å². The van der Waals surface area contributed by atoms with Crippen LogP contribution in [-0.2, 0) is 22.8 Å². The van der Waals surface area contributed by atoms with Crippen LogP contribution >= 0.6 is 11.6 Å². The van der Waals surface area contributed by atoms with Crippen molar-refractivity contribution in [1.29, 1.82) is 0 Å². The number of carbonyl (C=O) groups is 1. The van der Waals surface area contributed by atoms with E-state index in [0.29, 0.717) is 30.4 Å². The molecule has 108 valence electrons. The van der Waals surface area contributed by atoms with Crippen molar-refractivity contribution in [3.63, 3.8) is 0 Å². The van der Waals surface area contributed by atoms with Gasteiger partial charge in [0.2, 0.25) is 5.91 Å². The highest BCUT2D eigenvalue weighted by atomic mass is 35.5. The maximum Gasteiger partial charge on any atom is 0.226 e. The van der Waals surface area contributed by atoms with Gasteiger partial charge in [0, 0.05) is 26.3 Å². The monoisotopic (exact) mass is 297 g/mol. The topological polar surface area (TPSA) is 74.0 Å². The minimum absolute atomic E-state index is 0.105. The minimum Gasteiger partial charge on any atom is -0.362 e. The van der Waals surface area contributed by atoms with E-state index in [0.717, 1.165) is 5.69 Å². The van der Waals surface area contributed by atoms with Gasteiger partial charge in [-0.15, -0.1) is 0 Å². The lowest BCUT2D eigenvalue weighted by molar-refractivity contribution is -0.116.